The lowest BCUT2D eigenvalue weighted by molar-refractivity contribution is 0.0939. The van der Waals surface area contributed by atoms with Crippen LogP contribution in [0, 0.1) is 0 Å². The smallest absolute Gasteiger partial charge is 0.252 e. The molecule has 1 unspecified atom stereocenters. The van der Waals surface area contributed by atoms with Crippen molar-refractivity contribution < 1.29 is 14.3 Å². The Labute approximate surface area is 180 Å². The zero-order valence-corrected chi connectivity index (χ0v) is 17.9. The largest absolute Gasteiger partial charge is 0.496 e. The van der Waals surface area contributed by atoms with Crippen molar-refractivity contribution in [1.29, 1.82) is 0 Å². The fraction of sp³-hybridized carbons (Fsp3) is 0.208. The zero-order valence-electron chi connectivity index (χ0n) is 17.9. The van der Waals surface area contributed by atoms with Crippen LogP contribution in [0.3, 0.4) is 0 Å². The predicted molar refractivity (Wildman–Crippen MR) is 119 cm³/mol. The fourth-order valence-electron chi connectivity index (χ4n) is 3.85. The summed E-state index contributed by atoms with van der Waals surface area (Å²) in [5.41, 5.74) is 2.37. The molecule has 158 valence electrons. The van der Waals surface area contributed by atoms with Crippen molar-refractivity contribution in [3.05, 3.63) is 72.3 Å². The first-order valence-electron chi connectivity index (χ1n) is 9.93. The Morgan fingerprint density at radius 1 is 0.968 bits per heavy atom. The van der Waals surface area contributed by atoms with E-state index in [1.54, 1.807) is 25.1 Å². The van der Waals surface area contributed by atoms with E-state index in [2.05, 4.69) is 15.5 Å². The van der Waals surface area contributed by atoms with E-state index >= 15 is 0 Å². The Hall–Kier alpha value is -3.87. The number of methoxy groups -OCH3 is 2. The number of aryl methyl sites for hydroxylation is 1. The molecule has 0 aliphatic heterocycles. The third-order valence-electron chi connectivity index (χ3n) is 5.35. The average molecular weight is 416 g/mol. The van der Waals surface area contributed by atoms with Gasteiger partial charge in [-0.1, -0.05) is 36.4 Å². The SMILES string of the molecule is COc1cccc(OC)c1-c1ccc(C(=O)NC(C)c2nncn2C)c2ccccc12. The molecular formula is C24H24N4O3. The summed E-state index contributed by atoms with van der Waals surface area (Å²) >= 11 is 0. The first-order chi connectivity index (χ1) is 15.0. The minimum absolute atomic E-state index is 0.176. The van der Waals surface area contributed by atoms with Crippen molar-refractivity contribution in [3.63, 3.8) is 0 Å². The molecule has 1 N–H and O–H groups in total. The minimum atomic E-state index is -0.284. The Kier molecular flexibility index (Phi) is 5.58. The maximum absolute atomic E-state index is 13.2. The van der Waals surface area contributed by atoms with Gasteiger partial charge in [0.05, 0.1) is 25.8 Å². The van der Waals surface area contributed by atoms with Crippen LogP contribution in [0.2, 0.25) is 0 Å². The summed E-state index contributed by atoms with van der Waals surface area (Å²) in [5, 5.41) is 12.8. The molecule has 1 aromatic heterocycles. The highest BCUT2D eigenvalue weighted by molar-refractivity contribution is 6.11. The summed E-state index contributed by atoms with van der Waals surface area (Å²) in [7, 11) is 5.12. The van der Waals surface area contributed by atoms with Crippen molar-refractivity contribution in [2.45, 2.75) is 13.0 Å². The number of rotatable bonds is 6. The number of carbonyl (C=O) groups excluding carboxylic acids is 1. The number of nitrogens with zero attached hydrogens (tertiary/aromatic N) is 3. The number of aromatic nitrogens is 3. The van der Waals surface area contributed by atoms with Crippen molar-refractivity contribution in [2.75, 3.05) is 14.2 Å². The molecule has 0 fully saturated rings. The van der Waals surface area contributed by atoms with Crippen LogP contribution in [0.25, 0.3) is 21.9 Å². The number of hydrogen-bond acceptors (Lipinski definition) is 5. The second-order valence-electron chi connectivity index (χ2n) is 7.24. The Morgan fingerprint density at radius 2 is 1.65 bits per heavy atom. The summed E-state index contributed by atoms with van der Waals surface area (Å²) in [6.45, 7) is 1.89. The van der Waals surface area contributed by atoms with Crippen LogP contribution in [0.5, 0.6) is 11.5 Å². The Bertz CT molecular complexity index is 1230. The summed E-state index contributed by atoms with van der Waals surface area (Å²) in [5.74, 6) is 1.92. The molecule has 1 heterocycles. The molecule has 0 radical (unpaired) electrons. The molecule has 1 atom stereocenters. The Balaban J connectivity index is 1.80. The molecule has 0 bridgehead atoms. The van der Waals surface area contributed by atoms with E-state index in [1.807, 2.05) is 68.6 Å². The molecule has 7 nitrogen and oxygen atoms in total. The molecule has 4 aromatic rings. The minimum Gasteiger partial charge on any atom is -0.496 e. The van der Waals surface area contributed by atoms with Gasteiger partial charge in [0.1, 0.15) is 17.8 Å². The number of ether oxygens (including phenoxy) is 2. The van der Waals surface area contributed by atoms with Gasteiger partial charge in [-0.25, -0.2) is 0 Å². The van der Waals surface area contributed by atoms with Crippen LogP contribution in [0.15, 0.2) is 60.9 Å². The normalized spacial score (nSPS) is 11.9. The van der Waals surface area contributed by atoms with Crippen LogP contribution in [-0.4, -0.2) is 34.9 Å². The lowest BCUT2D eigenvalue weighted by atomic mass is 9.93. The lowest BCUT2D eigenvalue weighted by Gasteiger charge is -2.18. The number of amides is 1. The maximum atomic E-state index is 13.2. The quantitative estimate of drug-likeness (QED) is 0.511. The second kappa shape index (κ2) is 8.47. The summed E-state index contributed by atoms with van der Waals surface area (Å²) < 4.78 is 13.0. The summed E-state index contributed by atoms with van der Waals surface area (Å²) in [6.07, 6.45) is 1.61. The lowest BCUT2D eigenvalue weighted by Crippen LogP contribution is -2.28. The van der Waals surface area contributed by atoms with Crippen molar-refractivity contribution in [1.82, 2.24) is 20.1 Å². The van der Waals surface area contributed by atoms with E-state index in [4.69, 9.17) is 9.47 Å². The van der Waals surface area contributed by atoms with Gasteiger partial charge in [0.15, 0.2) is 5.82 Å². The summed E-state index contributed by atoms with van der Waals surface area (Å²) in [6, 6.07) is 17.0. The molecule has 3 aromatic carbocycles. The number of carbonyl (C=O) groups is 1. The molecule has 7 heteroatoms. The molecule has 1 amide bonds. The van der Waals surface area contributed by atoms with Crippen molar-refractivity contribution in [2.24, 2.45) is 7.05 Å². The van der Waals surface area contributed by atoms with E-state index < -0.39 is 0 Å². The van der Waals surface area contributed by atoms with E-state index in [-0.39, 0.29) is 11.9 Å². The van der Waals surface area contributed by atoms with E-state index in [0.29, 0.717) is 22.9 Å². The van der Waals surface area contributed by atoms with Gasteiger partial charge in [-0.2, -0.15) is 0 Å². The number of benzene rings is 3. The fourth-order valence-corrected chi connectivity index (χ4v) is 3.85. The monoisotopic (exact) mass is 416 g/mol. The number of nitrogens with one attached hydrogen (secondary N) is 1. The molecule has 0 spiro atoms. The standard InChI is InChI=1S/C24H24N4O3/c1-15(23-27-25-14-28(23)2)26-24(29)19-13-12-18(16-8-5-6-9-17(16)19)22-20(30-3)10-7-11-21(22)31-4/h5-15H,1-4H3,(H,26,29). The topological polar surface area (TPSA) is 78.3 Å². The molecule has 0 aliphatic rings. The van der Waals surface area contributed by atoms with Crippen LogP contribution in [0.4, 0.5) is 0 Å². The highest BCUT2D eigenvalue weighted by atomic mass is 16.5. The third kappa shape index (κ3) is 3.70. The Morgan fingerprint density at radius 3 is 2.26 bits per heavy atom. The van der Waals surface area contributed by atoms with Gasteiger partial charge in [0, 0.05) is 12.6 Å². The van der Waals surface area contributed by atoms with Gasteiger partial charge in [0.25, 0.3) is 5.91 Å². The van der Waals surface area contributed by atoms with Crippen LogP contribution < -0.4 is 14.8 Å². The van der Waals surface area contributed by atoms with Gasteiger partial charge in [-0.05, 0) is 41.5 Å². The molecule has 0 saturated carbocycles. The first-order valence-corrected chi connectivity index (χ1v) is 9.93. The second-order valence-corrected chi connectivity index (χ2v) is 7.24. The predicted octanol–water partition coefficient (Wildman–Crippen LogP) is 4.14. The number of hydrogen-bond donors (Lipinski definition) is 1. The van der Waals surface area contributed by atoms with Gasteiger partial charge in [0.2, 0.25) is 0 Å². The molecule has 4 rings (SSSR count). The molecule has 31 heavy (non-hydrogen) atoms. The first kappa shape index (κ1) is 20.4. The molecular weight excluding hydrogens is 392 g/mol. The van der Waals surface area contributed by atoms with E-state index in [9.17, 15) is 4.79 Å². The van der Waals surface area contributed by atoms with Gasteiger partial charge in [-0.3, -0.25) is 4.79 Å². The van der Waals surface area contributed by atoms with Crippen molar-refractivity contribution in [3.8, 4) is 22.6 Å². The van der Waals surface area contributed by atoms with E-state index in [0.717, 1.165) is 21.9 Å². The number of fused-ring (bicyclic) bond motifs is 1. The van der Waals surface area contributed by atoms with Crippen LogP contribution in [0.1, 0.15) is 29.1 Å². The summed E-state index contributed by atoms with van der Waals surface area (Å²) in [4.78, 5) is 13.2. The van der Waals surface area contributed by atoms with Crippen LogP contribution in [-0.2, 0) is 7.05 Å². The zero-order chi connectivity index (χ0) is 22.0. The molecule has 0 saturated heterocycles. The highest BCUT2D eigenvalue weighted by Crippen LogP contribution is 2.42. The van der Waals surface area contributed by atoms with Gasteiger partial charge in [-0.15, -0.1) is 10.2 Å². The van der Waals surface area contributed by atoms with Gasteiger partial charge < -0.3 is 19.4 Å². The van der Waals surface area contributed by atoms with Gasteiger partial charge >= 0.3 is 0 Å². The third-order valence-corrected chi connectivity index (χ3v) is 5.35. The molecule has 0 aliphatic carbocycles. The van der Waals surface area contributed by atoms with Crippen molar-refractivity contribution >= 4 is 16.7 Å². The maximum Gasteiger partial charge on any atom is 0.252 e. The average Bonchev–Trinajstić information content (AvgIpc) is 3.23. The highest BCUT2D eigenvalue weighted by Gasteiger charge is 2.20. The van der Waals surface area contributed by atoms with Crippen LogP contribution >= 0.6 is 0 Å². The van der Waals surface area contributed by atoms with E-state index in [1.165, 1.54) is 0 Å².